The molecule has 8 nitrogen and oxygen atoms in total. The average molecular weight is 453 g/mol. The Balaban J connectivity index is 1.31. The Hall–Kier alpha value is -3.39. The zero-order chi connectivity index (χ0) is 23.4. The first-order valence-electron chi connectivity index (χ1n) is 11.2. The van der Waals surface area contributed by atoms with Crippen molar-refractivity contribution in [3.63, 3.8) is 0 Å². The summed E-state index contributed by atoms with van der Waals surface area (Å²) in [5, 5.41) is 14.6. The smallest absolute Gasteiger partial charge is 0.407 e. The monoisotopic (exact) mass is 452 g/mol. The second kappa shape index (κ2) is 10.0. The summed E-state index contributed by atoms with van der Waals surface area (Å²) in [6.45, 7) is 2.35. The number of carboxylic acid groups (broad SMARTS) is 1. The van der Waals surface area contributed by atoms with Crippen molar-refractivity contribution in [1.29, 1.82) is 0 Å². The van der Waals surface area contributed by atoms with Crippen molar-refractivity contribution in [2.24, 2.45) is 0 Å². The van der Waals surface area contributed by atoms with Crippen LogP contribution in [0.15, 0.2) is 48.5 Å². The van der Waals surface area contributed by atoms with Crippen LogP contribution in [0.5, 0.6) is 0 Å². The van der Waals surface area contributed by atoms with Crippen molar-refractivity contribution in [2.75, 3.05) is 13.2 Å². The highest BCUT2D eigenvalue weighted by Gasteiger charge is 2.35. The van der Waals surface area contributed by atoms with Gasteiger partial charge in [-0.25, -0.2) is 9.59 Å². The van der Waals surface area contributed by atoms with E-state index in [0.717, 1.165) is 22.3 Å². The molecule has 0 bridgehead atoms. The largest absolute Gasteiger partial charge is 0.479 e. The van der Waals surface area contributed by atoms with Gasteiger partial charge in [0, 0.05) is 25.0 Å². The van der Waals surface area contributed by atoms with E-state index in [-0.39, 0.29) is 31.5 Å². The summed E-state index contributed by atoms with van der Waals surface area (Å²) in [4.78, 5) is 36.1. The Morgan fingerprint density at radius 2 is 1.73 bits per heavy atom. The lowest BCUT2D eigenvalue weighted by atomic mass is 9.98. The van der Waals surface area contributed by atoms with Crippen LogP contribution in [0, 0.1) is 0 Å². The predicted octanol–water partition coefficient (Wildman–Crippen LogP) is 3.05. The molecule has 0 aromatic heterocycles. The Labute approximate surface area is 192 Å². The van der Waals surface area contributed by atoms with E-state index in [2.05, 4.69) is 34.9 Å². The van der Waals surface area contributed by atoms with Crippen LogP contribution in [-0.4, -0.2) is 54.5 Å². The first kappa shape index (κ1) is 22.8. The summed E-state index contributed by atoms with van der Waals surface area (Å²) in [6, 6.07) is 15.2. The Morgan fingerprint density at radius 1 is 1.09 bits per heavy atom. The number of carboxylic acids is 1. The average Bonchev–Trinajstić information content (AvgIpc) is 3.40. The molecule has 3 unspecified atom stereocenters. The normalized spacial score (nSPS) is 19.9. The van der Waals surface area contributed by atoms with E-state index in [9.17, 15) is 14.4 Å². The molecule has 0 spiro atoms. The molecule has 33 heavy (non-hydrogen) atoms. The first-order chi connectivity index (χ1) is 16.0. The number of ether oxygens (including phenoxy) is 2. The van der Waals surface area contributed by atoms with Crippen molar-refractivity contribution in [3.8, 4) is 11.1 Å². The van der Waals surface area contributed by atoms with Gasteiger partial charge in [-0.2, -0.15) is 0 Å². The molecule has 3 atom stereocenters. The molecule has 2 aliphatic rings. The fraction of sp³-hybridized carbons (Fsp3) is 0.400. The first-order valence-corrected chi connectivity index (χ1v) is 11.2. The second-order valence-electron chi connectivity index (χ2n) is 8.37. The van der Waals surface area contributed by atoms with Gasteiger partial charge in [0.2, 0.25) is 5.91 Å². The van der Waals surface area contributed by atoms with Crippen LogP contribution in [0.25, 0.3) is 11.1 Å². The van der Waals surface area contributed by atoms with Gasteiger partial charge in [0.15, 0.2) is 6.10 Å². The number of benzene rings is 2. The van der Waals surface area contributed by atoms with Crippen molar-refractivity contribution in [3.05, 3.63) is 59.7 Å². The maximum atomic E-state index is 12.5. The summed E-state index contributed by atoms with van der Waals surface area (Å²) in [6.07, 6.45) is -0.613. The number of amides is 2. The quantitative estimate of drug-likeness (QED) is 0.567. The van der Waals surface area contributed by atoms with Crippen LogP contribution in [0.3, 0.4) is 0 Å². The van der Waals surface area contributed by atoms with Gasteiger partial charge in [-0.1, -0.05) is 55.5 Å². The minimum atomic E-state index is -1.10. The van der Waals surface area contributed by atoms with Crippen LogP contribution in [0.1, 0.15) is 43.2 Å². The molecule has 3 N–H and O–H groups in total. The van der Waals surface area contributed by atoms with Crippen LogP contribution in [0.2, 0.25) is 0 Å². The van der Waals surface area contributed by atoms with Crippen LogP contribution < -0.4 is 10.6 Å². The van der Waals surface area contributed by atoms with E-state index >= 15 is 0 Å². The molecule has 1 aliphatic carbocycles. The molecule has 1 heterocycles. The number of aliphatic carboxylic acids is 1. The van der Waals surface area contributed by atoms with Crippen molar-refractivity contribution in [1.82, 2.24) is 10.6 Å². The zero-order valence-corrected chi connectivity index (χ0v) is 18.5. The Morgan fingerprint density at radius 3 is 2.33 bits per heavy atom. The number of alkyl carbamates (subject to hydrolysis) is 1. The van der Waals surface area contributed by atoms with Gasteiger partial charge in [-0.3, -0.25) is 4.79 Å². The van der Waals surface area contributed by atoms with E-state index in [1.807, 2.05) is 31.2 Å². The second-order valence-corrected chi connectivity index (χ2v) is 8.37. The molecule has 2 aromatic rings. The number of hydrogen-bond donors (Lipinski definition) is 3. The Bertz CT molecular complexity index is 994. The van der Waals surface area contributed by atoms with E-state index in [0.29, 0.717) is 12.8 Å². The zero-order valence-electron chi connectivity index (χ0n) is 18.5. The van der Waals surface area contributed by atoms with Crippen LogP contribution >= 0.6 is 0 Å². The van der Waals surface area contributed by atoms with Gasteiger partial charge in [-0.05, 0) is 35.1 Å². The van der Waals surface area contributed by atoms with Crippen molar-refractivity contribution >= 4 is 18.0 Å². The Kier molecular flexibility index (Phi) is 6.93. The van der Waals surface area contributed by atoms with E-state index in [1.165, 1.54) is 0 Å². The summed E-state index contributed by atoms with van der Waals surface area (Å²) in [7, 11) is 0. The molecule has 1 saturated heterocycles. The van der Waals surface area contributed by atoms with Gasteiger partial charge in [0.1, 0.15) is 6.61 Å². The van der Waals surface area contributed by atoms with Gasteiger partial charge >= 0.3 is 12.1 Å². The molecule has 0 radical (unpaired) electrons. The molecule has 0 saturated carbocycles. The lowest BCUT2D eigenvalue weighted by Crippen LogP contribution is -2.46. The minimum absolute atomic E-state index is 0.0313. The van der Waals surface area contributed by atoms with Crippen molar-refractivity contribution < 1.29 is 29.0 Å². The lowest BCUT2D eigenvalue weighted by molar-refractivity contribution is -0.148. The molecule has 1 fully saturated rings. The lowest BCUT2D eigenvalue weighted by Gasteiger charge is -2.21. The number of carbonyl (C=O) groups is 3. The van der Waals surface area contributed by atoms with Gasteiger partial charge < -0.3 is 25.2 Å². The standard InChI is InChI=1S/C25H28N2O6/c1-2-15(13-22(28)27-21-11-12-32-23(21)24(29)30)26-25(31)33-14-20-18-9-5-3-7-16(18)17-8-4-6-10-19(17)20/h3-10,15,20-21,23H,2,11-14H2,1H3,(H,26,31)(H,27,28)(H,29,30). The highest BCUT2D eigenvalue weighted by Crippen LogP contribution is 2.44. The molecule has 174 valence electrons. The highest BCUT2D eigenvalue weighted by atomic mass is 16.5. The van der Waals surface area contributed by atoms with Crippen molar-refractivity contribution in [2.45, 2.75) is 50.3 Å². The van der Waals surface area contributed by atoms with Crippen LogP contribution in [-0.2, 0) is 19.1 Å². The minimum Gasteiger partial charge on any atom is -0.479 e. The fourth-order valence-electron chi connectivity index (χ4n) is 4.57. The summed E-state index contributed by atoms with van der Waals surface area (Å²) in [5.74, 6) is -1.47. The topological polar surface area (TPSA) is 114 Å². The summed E-state index contributed by atoms with van der Waals surface area (Å²) < 4.78 is 10.7. The fourth-order valence-corrected chi connectivity index (χ4v) is 4.57. The van der Waals surface area contributed by atoms with Gasteiger partial charge in [0.25, 0.3) is 0 Å². The van der Waals surface area contributed by atoms with E-state index < -0.39 is 30.3 Å². The molecular weight excluding hydrogens is 424 g/mol. The molecule has 8 heteroatoms. The summed E-state index contributed by atoms with van der Waals surface area (Å²) in [5.41, 5.74) is 4.57. The van der Waals surface area contributed by atoms with E-state index in [1.54, 1.807) is 0 Å². The molecule has 2 amide bonds. The highest BCUT2D eigenvalue weighted by molar-refractivity contribution is 5.81. The third-order valence-corrected chi connectivity index (χ3v) is 6.27. The maximum Gasteiger partial charge on any atom is 0.407 e. The number of rotatable bonds is 8. The van der Waals surface area contributed by atoms with Crippen LogP contribution in [0.4, 0.5) is 4.79 Å². The molecular formula is C25H28N2O6. The van der Waals surface area contributed by atoms with E-state index in [4.69, 9.17) is 14.6 Å². The SMILES string of the molecule is CCC(CC(=O)NC1CCOC1C(=O)O)NC(=O)OCC1c2ccccc2-c2ccccc21. The third-order valence-electron chi connectivity index (χ3n) is 6.27. The number of carbonyl (C=O) groups excluding carboxylic acids is 2. The summed E-state index contributed by atoms with van der Waals surface area (Å²) >= 11 is 0. The van der Waals surface area contributed by atoms with Gasteiger partial charge in [-0.15, -0.1) is 0 Å². The number of hydrogen-bond acceptors (Lipinski definition) is 5. The molecule has 4 rings (SSSR count). The van der Waals surface area contributed by atoms with Gasteiger partial charge in [0.05, 0.1) is 6.04 Å². The number of nitrogens with one attached hydrogen (secondary N) is 2. The molecule has 2 aromatic carbocycles. The molecule has 1 aliphatic heterocycles. The predicted molar refractivity (Wildman–Crippen MR) is 121 cm³/mol. The number of fused-ring (bicyclic) bond motifs is 3. The third kappa shape index (κ3) is 5.01. The maximum absolute atomic E-state index is 12.5.